The third kappa shape index (κ3) is 4.36. The Morgan fingerprint density at radius 1 is 1.13 bits per heavy atom. The second-order valence-corrected chi connectivity index (χ2v) is 8.51. The van der Waals surface area contributed by atoms with Crippen LogP contribution < -0.4 is 10.6 Å². The van der Waals surface area contributed by atoms with Crippen molar-refractivity contribution in [2.24, 2.45) is 0 Å². The molecular weight excluding hydrogens is 417 g/mol. The molecule has 0 bridgehead atoms. The maximum Gasteiger partial charge on any atom is 0.170 e. The molecule has 0 amide bonds. The first-order chi connectivity index (χ1) is 14.9. The van der Waals surface area contributed by atoms with Crippen molar-refractivity contribution < 1.29 is 14.3 Å². The summed E-state index contributed by atoms with van der Waals surface area (Å²) in [6.45, 7) is 1.53. The van der Waals surface area contributed by atoms with Gasteiger partial charge in [-0.1, -0.05) is 17.7 Å². The molecule has 162 valence electrons. The summed E-state index contributed by atoms with van der Waals surface area (Å²) in [5.74, 6) is -1.41. The Labute approximate surface area is 185 Å². The minimum absolute atomic E-state index is 0.0506. The molecule has 4 rings (SSSR count). The fraction of sp³-hybridized carbons (Fsp3) is 0.333. The largest absolute Gasteiger partial charge is 0.504 e. The van der Waals surface area contributed by atoms with Gasteiger partial charge in [-0.2, -0.15) is 0 Å². The maximum atomic E-state index is 14.0. The number of phenols is 1. The van der Waals surface area contributed by atoms with Gasteiger partial charge in [0.25, 0.3) is 0 Å². The third-order valence-corrected chi connectivity index (χ3v) is 6.37. The number of hydrogen-bond acceptors (Lipinski definition) is 5. The van der Waals surface area contributed by atoms with Gasteiger partial charge in [0.05, 0.1) is 21.8 Å². The molecule has 1 aliphatic carbocycles. The van der Waals surface area contributed by atoms with Gasteiger partial charge in [0.1, 0.15) is 0 Å². The number of benzene rings is 2. The van der Waals surface area contributed by atoms with Crippen LogP contribution >= 0.6 is 11.6 Å². The molecule has 0 unspecified atom stereocenters. The van der Waals surface area contributed by atoms with E-state index in [1.807, 2.05) is 25.2 Å². The SMILES string of the molecule is CN[C@H]1CC[C@H](Nc2c(C(C)=O)cnc3ccc(-c4cc(F)c(O)c(Cl)c4)cc23)CC1. The van der Waals surface area contributed by atoms with Crippen molar-refractivity contribution in [1.29, 1.82) is 0 Å². The monoisotopic (exact) mass is 441 g/mol. The minimum Gasteiger partial charge on any atom is -0.504 e. The molecule has 0 atom stereocenters. The summed E-state index contributed by atoms with van der Waals surface area (Å²) in [6, 6.07) is 9.12. The van der Waals surface area contributed by atoms with E-state index in [0.29, 0.717) is 17.2 Å². The van der Waals surface area contributed by atoms with Crippen LogP contribution in [-0.4, -0.2) is 35.0 Å². The third-order valence-electron chi connectivity index (χ3n) is 6.08. The lowest BCUT2D eigenvalue weighted by Crippen LogP contribution is -2.35. The van der Waals surface area contributed by atoms with Gasteiger partial charge in [0.2, 0.25) is 0 Å². The number of halogens is 2. The molecule has 1 aliphatic rings. The fourth-order valence-corrected chi connectivity index (χ4v) is 4.47. The summed E-state index contributed by atoms with van der Waals surface area (Å²) < 4.78 is 14.0. The van der Waals surface area contributed by atoms with Crippen molar-refractivity contribution in [3.63, 3.8) is 0 Å². The predicted octanol–water partition coefficient (Wildman–Crippen LogP) is 5.55. The molecule has 1 heterocycles. The number of nitrogens with zero attached hydrogens (tertiary/aromatic N) is 1. The van der Waals surface area contributed by atoms with Crippen LogP contribution in [0.3, 0.4) is 0 Å². The number of ketones is 1. The van der Waals surface area contributed by atoms with Gasteiger partial charge in [-0.15, -0.1) is 0 Å². The first-order valence-corrected chi connectivity index (χ1v) is 10.8. The van der Waals surface area contributed by atoms with Gasteiger partial charge >= 0.3 is 0 Å². The van der Waals surface area contributed by atoms with Crippen LogP contribution in [0.2, 0.25) is 5.02 Å². The second-order valence-electron chi connectivity index (χ2n) is 8.11. The average molecular weight is 442 g/mol. The van der Waals surface area contributed by atoms with E-state index < -0.39 is 11.6 Å². The minimum atomic E-state index is -0.780. The molecule has 5 nitrogen and oxygen atoms in total. The number of carbonyl (C=O) groups excluding carboxylic acids is 1. The Balaban J connectivity index is 1.78. The molecule has 1 saturated carbocycles. The quantitative estimate of drug-likeness (QED) is 0.453. The topological polar surface area (TPSA) is 74.2 Å². The van der Waals surface area contributed by atoms with Gasteiger partial charge in [0, 0.05) is 23.7 Å². The standard InChI is InChI=1S/C24H25ClFN3O2/c1-13(30)19-12-28-22-8-3-14(15-10-20(25)24(31)21(26)11-15)9-18(22)23(19)29-17-6-4-16(27-2)5-7-17/h3,8-12,16-17,27,31H,4-7H2,1-2H3,(H,28,29)/t16-,17-. The highest BCUT2D eigenvalue weighted by Crippen LogP contribution is 2.36. The first-order valence-electron chi connectivity index (χ1n) is 10.4. The van der Waals surface area contributed by atoms with Crippen LogP contribution in [0.1, 0.15) is 43.0 Å². The Hall–Kier alpha value is -2.70. The lowest BCUT2D eigenvalue weighted by Gasteiger charge is -2.30. The summed E-state index contributed by atoms with van der Waals surface area (Å²) in [6.07, 6.45) is 5.77. The van der Waals surface area contributed by atoms with E-state index in [1.165, 1.54) is 19.1 Å². The summed E-state index contributed by atoms with van der Waals surface area (Å²) in [4.78, 5) is 16.8. The molecule has 3 N–H and O–H groups in total. The smallest absolute Gasteiger partial charge is 0.170 e. The Bertz CT molecular complexity index is 1120. The van der Waals surface area contributed by atoms with Crippen LogP contribution in [0.5, 0.6) is 5.75 Å². The Morgan fingerprint density at radius 2 is 1.84 bits per heavy atom. The number of phenolic OH excluding ortho intramolecular Hbond substituents is 1. The van der Waals surface area contributed by atoms with Crippen LogP contribution in [0, 0.1) is 5.82 Å². The van der Waals surface area contributed by atoms with Crippen LogP contribution in [0.15, 0.2) is 36.5 Å². The van der Waals surface area contributed by atoms with Crippen LogP contribution in [-0.2, 0) is 0 Å². The normalized spacial score (nSPS) is 18.8. The van der Waals surface area contributed by atoms with Crippen molar-refractivity contribution in [2.45, 2.75) is 44.7 Å². The summed E-state index contributed by atoms with van der Waals surface area (Å²) in [7, 11) is 1.99. The van der Waals surface area contributed by atoms with E-state index in [1.54, 1.807) is 6.20 Å². The molecule has 3 aromatic rings. The van der Waals surface area contributed by atoms with Gasteiger partial charge in [-0.3, -0.25) is 9.78 Å². The van der Waals surface area contributed by atoms with Gasteiger partial charge in [-0.05, 0) is 75.0 Å². The van der Waals surface area contributed by atoms with E-state index in [4.69, 9.17) is 11.6 Å². The molecule has 1 fully saturated rings. The average Bonchev–Trinajstić information content (AvgIpc) is 2.77. The molecule has 1 aromatic heterocycles. The molecule has 2 aromatic carbocycles. The van der Waals surface area contributed by atoms with Crippen LogP contribution in [0.4, 0.5) is 10.1 Å². The van der Waals surface area contributed by atoms with E-state index in [-0.39, 0.29) is 16.8 Å². The lowest BCUT2D eigenvalue weighted by atomic mass is 9.90. The second kappa shape index (κ2) is 8.81. The van der Waals surface area contributed by atoms with Crippen molar-refractivity contribution >= 4 is 34.0 Å². The van der Waals surface area contributed by atoms with Crippen molar-refractivity contribution in [3.05, 3.63) is 52.9 Å². The predicted molar refractivity (Wildman–Crippen MR) is 123 cm³/mol. The summed E-state index contributed by atoms with van der Waals surface area (Å²) in [5.41, 5.74) is 3.30. The van der Waals surface area contributed by atoms with Gasteiger partial charge < -0.3 is 15.7 Å². The van der Waals surface area contributed by atoms with Gasteiger partial charge in [-0.25, -0.2) is 4.39 Å². The highest BCUT2D eigenvalue weighted by atomic mass is 35.5. The van der Waals surface area contributed by atoms with Crippen LogP contribution in [0.25, 0.3) is 22.0 Å². The number of fused-ring (bicyclic) bond motifs is 1. The van der Waals surface area contributed by atoms with Crippen molar-refractivity contribution in [3.8, 4) is 16.9 Å². The zero-order valence-electron chi connectivity index (χ0n) is 17.5. The van der Waals surface area contributed by atoms with E-state index >= 15 is 0 Å². The zero-order valence-corrected chi connectivity index (χ0v) is 18.3. The molecule has 0 spiro atoms. The van der Waals surface area contributed by atoms with Gasteiger partial charge in [0.15, 0.2) is 17.3 Å². The number of anilines is 1. The number of aromatic hydroxyl groups is 1. The van der Waals surface area contributed by atoms with E-state index in [0.717, 1.165) is 47.8 Å². The number of rotatable bonds is 5. The first kappa shape index (κ1) is 21.5. The highest BCUT2D eigenvalue weighted by Gasteiger charge is 2.22. The number of carbonyl (C=O) groups is 1. The molecule has 7 heteroatoms. The Kier molecular flexibility index (Phi) is 6.12. The lowest BCUT2D eigenvalue weighted by molar-refractivity contribution is 0.101. The van der Waals surface area contributed by atoms with E-state index in [9.17, 15) is 14.3 Å². The summed E-state index contributed by atoms with van der Waals surface area (Å²) >= 11 is 5.97. The van der Waals surface area contributed by atoms with E-state index in [2.05, 4.69) is 15.6 Å². The number of pyridine rings is 1. The number of hydrogen-bond donors (Lipinski definition) is 3. The fourth-order valence-electron chi connectivity index (χ4n) is 4.26. The van der Waals surface area contributed by atoms with Crippen molar-refractivity contribution in [2.75, 3.05) is 12.4 Å². The van der Waals surface area contributed by atoms with Crippen molar-refractivity contribution in [1.82, 2.24) is 10.3 Å². The molecule has 31 heavy (non-hydrogen) atoms. The maximum absolute atomic E-state index is 14.0. The highest BCUT2D eigenvalue weighted by molar-refractivity contribution is 6.32. The molecule has 0 saturated heterocycles. The number of aromatic nitrogens is 1. The molecule has 0 radical (unpaired) electrons. The Morgan fingerprint density at radius 3 is 2.48 bits per heavy atom. The number of nitrogens with one attached hydrogen (secondary N) is 2. The molecule has 0 aliphatic heterocycles. The zero-order chi connectivity index (χ0) is 22.1. The number of Topliss-reactive ketones (excluding diaryl/α,β-unsaturated/α-hetero) is 1. The molecular formula is C24H25ClFN3O2. The summed E-state index contributed by atoms with van der Waals surface area (Å²) in [5, 5.41) is 17.3.